The summed E-state index contributed by atoms with van der Waals surface area (Å²) in [5, 5.41) is 2.99. The van der Waals surface area contributed by atoms with Gasteiger partial charge in [-0.25, -0.2) is 8.42 Å². The lowest BCUT2D eigenvalue weighted by Crippen LogP contribution is -2.53. The quantitative estimate of drug-likeness (QED) is 0.299. The highest BCUT2D eigenvalue weighted by Crippen LogP contribution is 2.27. The maximum Gasteiger partial charge on any atom is 0.264 e. The van der Waals surface area contributed by atoms with Crippen LogP contribution in [0.15, 0.2) is 77.7 Å². The molecule has 0 aliphatic rings. The van der Waals surface area contributed by atoms with E-state index in [-0.39, 0.29) is 23.4 Å². The summed E-state index contributed by atoms with van der Waals surface area (Å²) in [5.74, 6) is -0.190. The molecule has 1 N–H and O–H groups in total. The molecular weight excluding hydrogens is 538 g/mol. The van der Waals surface area contributed by atoms with Crippen molar-refractivity contribution < 1.29 is 22.7 Å². The predicted molar refractivity (Wildman–Crippen MR) is 162 cm³/mol. The minimum absolute atomic E-state index is 0.0643. The monoisotopic (exact) mass is 579 g/mol. The van der Waals surface area contributed by atoms with Gasteiger partial charge >= 0.3 is 0 Å². The molecule has 0 aliphatic heterocycles. The minimum atomic E-state index is -4.13. The van der Waals surface area contributed by atoms with Crippen LogP contribution < -0.4 is 14.4 Å². The second-order valence-electron chi connectivity index (χ2n) is 10.3. The summed E-state index contributed by atoms with van der Waals surface area (Å²) in [7, 11) is -2.60. The minimum Gasteiger partial charge on any atom is -0.497 e. The van der Waals surface area contributed by atoms with Gasteiger partial charge in [-0.3, -0.25) is 13.9 Å². The fourth-order valence-corrected chi connectivity index (χ4v) is 5.78. The van der Waals surface area contributed by atoms with Gasteiger partial charge in [-0.05, 0) is 75.6 Å². The van der Waals surface area contributed by atoms with Crippen molar-refractivity contribution in [1.82, 2.24) is 10.2 Å². The molecule has 0 saturated heterocycles. The Kier molecular flexibility index (Phi) is 10.9. The van der Waals surface area contributed by atoms with E-state index in [4.69, 9.17) is 4.74 Å². The van der Waals surface area contributed by atoms with Crippen molar-refractivity contribution in [3.05, 3.63) is 89.5 Å². The molecule has 0 saturated carbocycles. The van der Waals surface area contributed by atoms with Gasteiger partial charge in [0.1, 0.15) is 18.3 Å². The summed E-state index contributed by atoms with van der Waals surface area (Å²) in [5.41, 5.74) is 3.14. The van der Waals surface area contributed by atoms with E-state index in [1.54, 1.807) is 36.4 Å². The summed E-state index contributed by atoms with van der Waals surface area (Å²) in [6.07, 6.45) is 1.11. The number of carbonyl (C=O) groups is 2. The number of nitrogens with zero attached hydrogens (tertiary/aromatic N) is 2. The highest BCUT2D eigenvalue weighted by atomic mass is 32.2. The molecule has 220 valence electrons. The number of anilines is 1. The predicted octanol–water partition coefficient (Wildman–Crippen LogP) is 5.23. The van der Waals surface area contributed by atoms with Gasteiger partial charge in [0.15, 0.2) is 0 Å². The lowest BCUT2D eigenvalue weighted by molar-refractivity contribution is -0.140. The van der Waals surface area contributed by atoms with Crippen LogP contribution in [0.3, 0.4) is 0 Å². The first-order valence-electron chi connectivity index (χ1n) is 13.9. The number of hydrogen-bond donors (Lipinski definition) is 1. The molecule has 41 heavy (non-hydrogen) atoms. The number of nitrogens with one attached hydrogen (secondary N) is 1. The smallest absolute Gasteiger partial charge is 0.264 e. The molecule has 3 rings (SSSR count). The molecule has 2 unspecified atom stereocenters. The second-order valence-corrected chi connectivity index (χ2v) is 12.1. The Hall–Kier alpha value is -3.85. The van der Waals surface area contributed by atoms with Crippen LogP contribution in [-0.2, 0) is 26.2 Å². The Labute approximate surface area is 244 Å². The first-order chi connectivity index (χ1) is 19.5. The highest BCUT2D eigenvalue weighted by Gasteiger charge is 2.34. The normalized spacial score (nSPS) is 12.7. The van der Waals surface area contributed by atoms with Crippen molar-refractivity contribution in [2.24, 2.45) is 0 Å². The van der Waals surface area contributed by atoms with Gasteiger partial charge in [-0.15, -0.1) is 0 Å². The molecule has 2 amide bonds. The van der Waals surface area contributed by atoms with Crippen LogP contribution >= 0.6 is 0 Å². The number of carbonyl (C=O) groups excluding carboxylic acids is 2. The van der Waals surface area contributed by atoms with Gasteiger partial charge in [0.05, 0.1) is 17.7 Å². The van der Waals surface area contributed by atoms with E-state index in [0.29, 0.717) is 17.9 Å². The van der Waals surface area contributed by atoms with E-state index < -0.39 is 28.5 Å². The van der Waals surface area contributed by atoms with Gasteiger partial charge in [0.2, 0.25) is 11.8 Å². The number of amides is 2. The Bertz CT molecular complexity index is 1410. The number of benzene rings is 3. The molecule has 9 heteroatoms. The number of methoxy groups -OCH3 is 1. The van der Waals surface area contributed by atoms with Crippen LogP contribution in [0, 0.1) is 13.8 Å². The average molecular weight is 580 g/mol. The topological polar surface area (TPSA) is 96.0 Å². The maximum absolute atomic E-state index is 14.1. The zero-order valence-electron chi connectivity index (χ0n) is 24.8. The molecule has 0 bridgehead atoms. The lowest BCUT2D eigenvalue weighted by atomic mass is 10.1. The third-order valence-corrected chi connectivity index (χ3v) is 8.90. The van der Waals surface area contributed by atoms with Crippen molar-refractivity contribution in [2.45, 2.75) is 71.0 Å². The zero-order valence-corrected chi connectivity index (χ0v) is 25.6. The number of ether oxygens (including phenoxy) is 1. The SMILES string of the molecule is CCC(C)NC(=O)C(CC)N(Cc1ccc(C)cc1)C(=O)CN(c1ccc(OC)cc1)S(=O)(=O)c1ccc(C)cc1. The standard InChI is InChI=1S/C32H41N3O5S/c1-7-25(5)33-32(37)30(8-2)34(21-26-13-9-23(3)10-14-26)31(36)22-35(27-15-17-28(40-6)18-16-27)41(38,39)29-19-11-24(4)12-20-29/h9-20,25,30H,7-8,21-22H2,1-6H3,(H,33,37). The van der Waals surface area contributed by atoms with Crippen LogP contribution in [0.2, 0.25) is 0 Å². The van der Waals surface area contributed by atoms with Gasteiger partial charge in [0, 0.05) is 12.6 Å². The Morgan fingerprint density at radius 1 is 0.854 bits per heavy atom. The zero-order chi connectivity index (χ0) is 30.2. The largest absolute Gasteiger partial charge is 0.497 e. The molecule has 0 heterocycles. The van der Waals surface area contributed by atoms with Crippen LogP contribution in [-0.4, -0.2) is 50.9 Å². The van der Waals surface area contributed by atoms with Crippen molar-refractivity contribution in [3.63, 3.8) is 0 Å². The number of rotatable bonds is 13. The summed E-state index contributed by atoms with van der Waals surface area (Å²) < 4.78 is 34.3. The molecule has 0 radical (unpaired) electrons. The van der Waals surface area contributed by atoms with Crippen molar-refractivity contribution in [2.75, 3.05) is 18.0 Å². The molecule has 0 aromatic heterocycles. The molecule has 8 nitrogen and oxygen atoms in total. The third-order valence-electron chi connectivity index (χ3n) is 7.11. The van der Waals surface area contributed by atoms with Crippen LogP contribution in [0.1, 0.15) is 50.3 Å². The maximum atomic E-state index is 14.1. The Balaban J connectivity index is 2.05. The molecule has 3 aromatic rings. The van der Waals surface area contributed by atoms with Crippen LogP contribution in [0.4, 0.5) is 5.69 Å². The van der Waals surface area contributed by atoms with Crippen LogP contribution in [0.5, 0.6) is 5.75 Å². The van der Waals surface area contributed by atoms with Gasteiger partial charge in [-0.1, -0.05) is 61.4 Å². The molecule has 3 aromatic carbocycles. The summed E-state index contributed by atoms with van der Waals surface area (Å²) in [6, 6.07) is 19.9. The van der Waals surface area contributed by atoms with Gasteiger partial charge in [-0.2, -0.15) is 0 Å². The molecule has 0 fully saturated rings. The third kappa shape index (κ3) is 8.10. The number of sulfonamides is 1. The van der Waals surface area contributed by atoms with E-state index in [0.717, 1.165) is 27.4 Å². The molecule has 0 spiro atoms. The van der Waals surface area contributed by atoms with E-state index in [2.05, 4.69) is 5.32 Å². The summed E-state index contributed by atoms with van der Waals surface area (Å²) >= 11 is 0. The van der Waals surface area contributed by atoms with Crippen molar-refractivity contribution in [3.8, 4) is 5.75 Å². The van der Waals surface area contributed by atoms with Crippen molar-refractivity contribution in [1.29, 1.82) is 0 Å². The highest BCUT2D eigenvalue weighted by molar-refractivity contribution is 7.92. The Morgan fingerprint density at radius 2 is 1.41 bits per heavy atom. The molecule has 2 atom stereocenters. The summed E-state index contributed by atoms with van der Waals surface area (Å²) in [6.45, 7) is 9.26. The van der Waals surface area contributed by atoms with E-state index in [9.17, 15) is 18.0 Å². The van der Waals surface area contributed by atoms with Crippen LogP contribution in [0.25, 0.3) is 0 Å². The van der Waals surface area contributed by atoms with E-state index in [1.165, 1.54) is 24.1 Å². The van der Waals surface area contributed by atoms with Gasteiger partial charge in [0.25, 0.3) is 10.0 Å². The lowest BCUT2D eigenvalue weighted by Gasteiger charge is -2.33. The molecular formula is C32H41N3O5S. The Morgan fingerprint density at radius 3 is 1.93 bits per heavy atom. The fourth-order valence-electron chi connectivity index (χ4n) is 4.37. The number of aryl methyl sites for hydroxylation is 2. The van der Waals surface area contributed by atoms with E-state index in [1.807, 2.05) is 58.9 Å². The van der Waals surface area contributed by atoms with Gasteiger partial charge < -0.3 is 15.0 Å². The second kappa shape index (κ2) is 14.2. The first-order valence-corrected chi connectivity index (χ1v) is 15.3. The fraction of sp³-hybridized carbons (Fsp3) is 0.375. The average Bonchev–Trinajstić information content (AvgIpc) is 2.96. The number of hydrogen-bond acceptors (Lipinski definition) is 5. The summed E-state index contributed by atoms with van der Waals surface area (Å²) in [4.78, 5) is 29.0. The molecule has 0 aliphatic carbocycles. The van der Waals surface area contributed by atoms with E-state index >= 15 is 0 Å². The van der Waals surface area contributed by atoms with Crippen molar-refractivity contribution >= 4 is 27.5 Å². The first kappa shape index (κ1) is 31.7.